The van der Waals surface area contributed by atoms with E-state index in [0.717, 1.165) is 12.8 Å². The van der Waals surface area contributed by atoms with Crippen LogP contribution in [0.5, 0.6) is 5.75 Å². The average molecular weight is 301 g/mol. The van der Waals surface area contributed by atoms with Crippen LogP contribution in [0.1, 0.15) is 26.7 Å². The summed E-state index contributed by atoms with van der Waals surface area (Å²) in [6.45, 7) is 4.16. The molecule has 1 aliphatic carbocycles. The number of halogens is 3. The van der Waals surface area contributed by atoms with Gasteiger partial charge < -0.3 is 15.8 Å². The maximum absolute atomic E-state index is 12.3. The maximum Gasteiger partial charge on any atom is 0.573 e. The molecule has 21 heavy (non-hydrogen) atoms. The molecule has 0 saturated heterocycles. The third-order valence-electron chi connectivity index (χ3n) is 3.63. The summed E-state index contributed by atoms with van der Waals surface area (Å²) >= 11 is 0. The summed E-state index contributed by atoms with van der Waals surface area (Å²) in [5.41, 5.74) is 5.98. The monoisotopic (exact) mass is 301 g/mol. The Bertz CT molecular complexity index is 541. The quantitative estimate of drug-likeness (QED) is 0.663. The minimum Gasteiger partial charge on any atom is -0.404 e. The minimum atomic E-state index is -4.75. The molecular formula is C14H18F3N3O. The van der Waals surface area contributed by atoms with E-state index in [0.29, 0.717) is 0 Å². The highest BCUT2D eigenvalue weighted by Crippen LogP contribution is 2.42. The highest BCUT2D eigenvalue weighted by atomic mass is 19.4. The molecule has 1 atom stereocenters. The zero-order valence-electron chi connectivity index (χ0n) is 11.9. The number of alkyl halides is 3. The lowest BCUT2D eigenvalue weighted by atomic mass is 9.68. The van der Waals surface area contributed by atoms with Gasteiger partial charge in [-0.1, -0.05) is 26.0 Å². The van der Waals surface area contributed by atoms with E-state index in [1.165, 1.54) is 18.2 Å². The summed E-state index contributed by atoms with van der Waals surface area (Å²) in [7, 11) is 0. The van der Waals surface area contributed by atoms with Crippen molar-refractivity contribution in [1.82, 2.24) is 0 Å². The van der Waals surface area contributed by atoms with Gasteiger partial charge in [0.15, 0.2) is 11.7 Å². The van der Waals surface area contributed by atoms with Gasteiger partial charge in [0.1, 0.15) is 0 Å². The second-order valence-electron chi connectivity index (χ2n) is 5.73. The maximum atomic E-state index is 12.3. The van der Waals surface area contributed by atoms with Crippen LogP contribution in [0.2, 0.25) is 0 Å². The zero-order chi connectivity index (χ0) is 15.7. The fourth-order valence-electron chi connectivity index (χ4n) is 2.21. The van der Waals surface area contributed by atoms with E-state index in [1.807, 2.05) is 0 Å². The van der Waals surface area contributed by atoms with Crippen molar-refractivity contribution < 1.29 is 17.9 Å². The summed E-state index contributed by atoms with van der Waals surface area (Å²) in [4.78, 5) is 4.31. The van der Waals surface area contributed by atoms with Gasteiger partial charge in [0, 0.05) is 0 Å². The average Bonchev–Trinajstić information content (AvgIpc) is 2.35. The topological polar surface area (TPSA) is 59.6 Å². The molecule has 1 unspecified atom stereocenters. The number of nitrogens with one attached hydrogen (secondary N) is 1. The molecule has 1 aliphatic rings. The molecule has 0 radical (unpaired) electrons. The van der Waals surface area contributed by atoms with Crippen molar-refractivity contribution in [2.75, 3.05) is 5.32 Å². The number of nitrogens with zero attached hydrogens (tertiary/aromatic N) is 1. The number of nitrogens with two attached hydrogens (primary N) is 1. The molecule has 1 fully saturated rings. The third kappa shape index (κ3) is 4.03. The Morgan fingerprint density at radius 2 is 2.05 bits per heavy atom. The molecule has 1 aromatic rings. The van der Waals surface area contributed by atoms with Crippen LogP contribution in [0.15, 0.2) is 29.3 Å². The number of hydrogen-bond donors (Lipinski definition) is 2. The second kappa shape index (κ2) is 5.46. The fourth-order valence-corrected chi connectivity index (χ4v) is 2.21. The standard InChI is InChI=1S/C14H18F3N3O/c1-13(2)8-7-11(13)20-12(18)19-9-5-3-4-6-10(9)21-14(15,16)17/h3-6,11H,7-8H2,1-2H3,(H3,18,19,20). The first-order chi connectivity index (χ1) is 9.67. The van der Waals surface area contributed by atoms with Gasteiger partial charge in [-0.05, 0) is 30.4 Å². The number of hydrogen-bond acceptors (Lipinski definition) is 2. The lowest BCUT2D eigenvalue weighted by molar-refractivity contribution is -0.274. The molecule has 0 heterocycles. The van der Waals surface area contributed by atoms with Crippen LogP contribution < -0.4 is 15.8 Å². The molecular weight excluding hydrogens is 283 g/mol. The molecule has 0 bridgehead atoms. The molecule has 7 heteroatoms. The SMILES string of the molecule is CC1(C)CCC1N=C(N)Nc1ccccc1OC(F)(F)F. The van der Waals surface area contributed by atoms with E-state index >= 15 is 0 Å². The van der Waals surface area contributed by atoms with Crippen LogP contribution in [0, 0.1) is 5.41 Å². The summed E-state index contributed by atoms with van der Waals surface area (Å²) in [5.74, 6) is -0.248. The normalized spacial score (nSPS) is 21.6. The predicted octanol–water partition coefficient (Wildman–Crippen LogP) is 3.50. The Morgan fingerprint density at radius 1 is 1.38 bits per heavy atom. The number of benzene rings is 1. The first-order valence-corrected chi connectivity index (χ1v) is 6.62. The van der Waals surface area contributed by atoms with Crippen molar-refractivity contribution in [3.8, 4) is 5.75 Å². The lowest BCUT2D eigenvalue weighted by Crippen LogP contribution is -2.40. The van der Waals surface area contributed by atoms with Crippen LogP contribution in [0.3, 0.4) is 0 Å². The largest absolute Gasteiger partial charge is 0.573 e. The number of ether oxygens (including phenoxy) is 1. The van der Waals surface area contributed by atoms with Crippen LogP contribution in [-0.4, -0.2) is 18.4 Å². The van der Waals surface area contributed by atoms with E-state index < -0.39 is 6.36 Å². The van der Waals surface area contributed by atoms with Gasteiger partial charge >= 0.3 is 6.36 Å². The summed E-state index contributed by atoms with van der Waals surface area (Å²) in [6.07, 6.45) is -2.77. The van der Waals surface area contributed by atoms with Crippen LogP contribution in [-0.2, 0) is 0 Å². The van der Waals surface area contributed by atoms with Crippen molar-refractivity contribution in [3.05, 3.63) is 24.3 Å². The number of anilines is 1. The molecule has 3 N–H and O–H groups in total. The number of para-hydroxylation sites is 2. The molecule has 1 saturated carbocycles. The number of aliphatic imine (C=N–C) groups is 1. The second-order valence-corrected chi connectivity index (χ2v) is 5.73. The van der Waals surface area contributed by atoms with Crippen molar-refractivity contribution in [1.29, 1.82) is 0 Å². The van der Waals surface area contributed by atoms with Gasteiger partial charge in [-0.25, -0.2) is 4.99 Å². The lowest BCUT2D eigenvalue weighted by Gasteiger charge is -2.41. The Morgan fingerprint density at radius 3 is 2.57 bits per heavy atom. The summed E-state index contributed by atoms with van der Waals surface area (Å²) < 4.78 is 40.9. The third-order valence-corrected chi connectivity index (χ3v) is 3.63. The molecule has 0 spiro atoms. The van der Waals surface area contributed by atoms with Gasteiger partial charge in [0.2, 0.25) is 0 Å². The molecule has 0 amide bonds. The molecule has 116 valence electrons. The van der Waals surface area contributed by atoms with Crippen LogP contribution >= 0.6 is 0 Å². The number of rotatable bonds is 3. The smallest absolute Gasteiger partial charge is 0.404 e. The van der Waals surface area contributed by atoms with Gasteiger partial charge in [-0.2, -0.15) is 0 Å². The Labute approximate surface area is 121 Å². The van der Waals surface area contributed by atoms with Crippen molar-refractivity contribution in [2.24, 2.45) is 16.1 Å². The van der Waals surface area contributed by atoms with E-state index in [1.54, 1.807) is 6.07 Å². The van der Waals surface area contributed by atoms with Crippen molar-refractivity contribution in [3.63, 3.8) is 0 Å². The van der Waals surface area contributed by atoms with E-state index in [-0.39, 0.29) is 28.9 Å². The molecule has 0 aromatic heterocycles. The Kier molecular flexibility index (Phi) is 4.02. The van der Waals surface area contributed by atoms with Gasteiger partial charge in [-0.3, -0.25) is 0 Å². The van der Waals surface area contributed by atoms with E-state index in [2.05, 4.69) is 28.9 Å². The van der Waals surface area contributed by atoms with Gasteiger partial charge in [-0.15, -0.1) is 13.2 Å². The molecule has 0 aliphatic heterocycles. The van der Waals surface area contributed by atoms with Crippen molar-refractivity contribution >= 4 is 11.6 Å². The van der Waals surface area contributed by atoms with Gasteiger partial charge in [0.05, 0.1) is 11.7 Å². The Balaban J connectivity index is 2.11. The minimum absolute atomic E-state index is 0.0777. The number of guanidine groups is 1. The highest BCUT2D eigenvalue weighted by molar-refractivity contribution is 5.93. The highest BCUT2D eigenvalue weighted by Gasteiger charge is 2.38. The fraction of sp³-hybridized carbons (Fsp3) is 0.500. The Hall–Kier alpha value is -1.92. The zero-order valence-corrected chi connectivity index (χ0v) is 11.9. The van der Waals surface area contributed by atoms with E-state index in [9.17, 15) is 13.2 Å². The first kappa shape index (κ1) is 15.5. The molecule has 1 aromatic carbocycles. The molecule has 4 nitrogen and oxygen atoms in total. The first-order valence-electron chi connectivity index (χ1n) is 6.62. The summed E-state index contributed by atoms with van der Waals surface area (Å²) in [5, 5.41) is 2.67. The van der Waals surface area contributed by atoms with Gasteiger partial charge in [0.25, 0.3) is 0 Å². The summed E-state index contributed by atoms with van der Waals surface area (Å²) in [6, 6.07) is 5.80. The van der Waals surface area contributed by atoms with Crippen LogP contribution in [0.25, 0.3) is 0 Å². The van der Waals surface area contributed by atoms with Crippen LogP contribution in [0.4, 0.5) is 18.9 Å². The molecule has 2 rings (SSSR count). The van der Waals surface area contributed by atoms with Crippen molar-refractivity contribution in [2.45, 2.75) is 39.1 Å². The van der Waals surface area contributed by atoms with E-state index in [4.69, 9.17) is 5.73 Å². The predicted molar refractivity (Wildman–Crippen MR) is 75.2 cm³/mol.